The minimum Gasteiger partial charge on any atom is -0.495 e. The van der Waals surface area contributed by atoms with Gasteiger partial charge in [0.15, 0.2) is 5.78 Å². The van der Waals surface area contributed by atoms with Crippen LogP contribution in [0.15, 0.2) is 52.5 Å². The summed E-state index contributed by atoms with van der Waals surface area (Å²) < 4.78 is 36.8. The quantitative estimate of drug-likeness (QED) is 0.515. The highest BCUT2D eigenvalue weighted by Gasteiger charge is 2.24. The van der Waals surface area contributed by atoms with Gasteiger partial charge in [0.05, 0.1) is 12.7 Å². The number of hydrogen-bond donors (Lipinski definition) is 1. The third kappa shape index (κ3) is 3.02. The Kier molecular flexibility index (Phi) is 4.34. The zero-order chi connectivity index (χ0) is 16.3. The van der Waals surface area contributed by atoms with Crippen molar-refractivity contribution in [3.63, 3.8) is 0 Å². The van der Waals surface area contributed by atoms with Crippen LogP contribution in [0.2, 0.25) is 0 Å². The molecule has 2 aromatic carbocycles. The summed E-state index contributed by atoms with van der Waals surface area (Å²) in [6, 6.07) is 9.82. The third-order valence-electron chi connectivity index (χ3n) is 2.94. The lowest BCUT2D eigenvalue weighted by Crippen LogP contribution is -2.07. The Balaban J connectivity index is 2.70. The van der Waals surface area contributed by atoms with Crippen LogP contribution in [0, 0.1) is 4.91 Å². The van der Waals surface area contributed by atoms with Crippen LogP contribution in [0.4, 0.5) is 5.69 Å². The van der Waals surface area contributed by atoms with Crippen LogP contribution in [-0.4, -0.2) is 25.9 Å². The molecule has 0 radical (unpaired) electrons. The highest BCUT2D eigenvalue weighted by atomic mass is 32.2. The summed E-state index contributed by atoms with van der Waals surface area (Å²) in [6.45, 7) is 0. The molecular weight excluding hydrogens is 310 g/mol. The summed E-state index contributed by atoms with van der Waals surface area (Å²) in [7, 11) is -3.47. The number of rotatable bonds is 5. The van der Waals surface area contributed by atoms with Crippen molar-refractivity contribution in [1.29, 1.82) is 0 Å². The number of benzene rings is 2. The maximum absolute atomic E-state index is 12.4. The van der Waals surface area contributed by atoms with Crippen LogP contribution in [0.3, 0.4) is 0 Å². The zero-order valence-electron chi connectivity index (χ0n) is 11.4. The van der Waals surface area contributed by atoms with Crippen molar-refractivity contribution in [2.75, 3.05) is 7.11 Å². The number of nitrogens with zero attached hydrogens (tertiary/aromatic N) is 1. The first-order valence-corrected chi connectivity index (χ1v) is 7.45. The number of carbonyl (C=O) groups excluding carboxylic acids is 1. The number of hydrogen-bond acceptors (Lipinski definition) is 6. The molecule has 0 amide bonds. The molecule has 0 spiro atoms. The summed E-state index contributed by atoms with van der Waals surface area (Å²) in [4.78, 5) is 22.7. The summed E-state index contributed by atoms with van der Waals surface area (Å²) in [5.74, 6) is -0.871. The molecule has 0 heterocycles. The molecule has 7 nitrogen and oxygen atoms in total. The number of methoxy groups -OCH3 is 1. The van der Waals surface area contributed by atoms with Crippen LogP contribution in [0.25, 0.3) is 0 Å². The van der Waals surface area contributed by atoms with Crippen LogP contribution >= 0.6 is 0 Å². The SMILES string of the molecule is COc1cc(N=O)c(C(=O)c2ccccc2)cc1S(=O)(=O)O. The third-order valence-corrected chi connectivity index (χ3v) is 3.81. The lowest BCUT2D eigenvalue weighted by atomic mass is 10.0. The van der Waals surface area contributed by atoms with E-state index >= 15 is 0 Å². The van der Waals surface area contributed by atoms with Gasteiger partial charge in [-0.2, -0.15) is 8.42 Å². The largest absolute Gasteiger partial charge is 0.495 e. The molecule has 2 rings (SSSR count). The van der Waals surface area contributed by atoms with E-state index in [1.165, 1.54) is 12.1 Å². The Morgan fingerprint density at radius 2 is 1.82 bits per heavy atom. The highest BCUT2D eigenvalue weighted by Crippen LogP contribution is 2.33. The van der Waals surface area contributed by atoms with Crippen LogP contribution in [-0.2, 0) is 10.1 Å². The topological polar surface area (TPSA) is 110 Å². The van der Waals surface area contributed by atoms with Gasteiger partial charge >= 0.3 is 0 Å². The average Bonchev–Trinajstić information content (AvgIpc) is 2.52. The van der Waals surface area contributed by atoms with Gasteiger partial charge in [0.1, 0.15) is 16.3 Å². The molecule has 0 aliphatic rings. The molecule has 0 aromatic heterocycles. The van der Waals surface area contributed by atoms with Gasteiger partial charge in [-0.05, 0) is 11.2 Å². The number of ketones is 1. The zero-order valence-corrected chi connectivity index (χ0v) is 12.2. The van der Waals surface area contributed by atoms with Crippen molar-refractivity contribution in [1.82, 2.24) is 0 Å². The second-order valence-corrected chi connectivity index (χ2v) is 5.67. The maximum atomic E-state index is 12.4. The Bertz CT molecular complexity index is 830. The highest BCUT2D eigenvalue weighted by molar-refractivity contribution is 7.86. The fourth-order valence-corrected chi connectivity index (χ4v) is 2.58. The monoisotopic (exact) mass is 321 g/mol. The molecule has 22 heavy (non-hydrogen) atoms. The lowest BCUT2D eigenvalue weighted by Gasteiger charge is -2.10. The fraction of sp³-hybridized carbons (Fsp3) is 0.0714. The standard InChI is InChI=1S/C14H11NO6S/c1-21-12-8-11(15-17)10(7-13(12)22(18,19)20)14(16)9-5-3-2-4-6-9/h2-8H,1H3,(H,18,19,20). The molecule has 0 bridgehead atoms. The van der Waals surface area contributed by atoms with E-state index in [1.807, 2.05) is 0 Å². The van der Waals surface area contributed by atoms with E-state index < -0.39 is 20.8 Å². The van der Waals surface area contributed by atoms with Gasteiger partial charge in [0.2, 0.25) is 0 Å². The molecular formula is C14H11NO6S. The maximum Gasteiger partial charge on any atom is 0.298 e. The van der Waals surface area contributed by atoms with Gasteiger partial charge in [-0.25, -0.2) is 0 Å². The fourth-order valence-electron chi connectivity index (χ4n) is 1.91. The van der Waals surface area contributed by atoms with Gasteiger partial charge < -0.3 is 4.74 Å². The normalized spacial score (nSPS) is 11.0. The van der Waals surface area contributed by atoms with Crippen LogP contribution in [0.5, 0.6) is 5.75 Å². The molecule has 0 saturated carbocycles. The van der Waals surface area contributed by atoms with Crippen LogP contribution < -0.4 is 4.74 Å². The second kappa shape index (κ2) is 6.04. The minimum absolute atomic E-state index is 0.241. The van der Waals surface area contributed by atoms with E-state index in [0.29, 0.717) is 0 Å². The molecule has 0 atom stereocenters. The first-order valence-electron chi connectivity index (χ1n) is 6.01. The van der Waals surface area contributed by atoms with Gasteiger partial charge in [-0.1, -0.05) is 30.3 Å². The molecule has 0 unspecified atom stereocenters. The van der Waals surface area contributed by atoms with Gasteiger partial charge in [-0.15, -0.1) is 4.91 Å². The summed E-state index contributed by atoms with van der Waals surface area (Å²) in [5, 5.41) is 2.72. The van der Waals surface area contributed by atoms with Crippen molar-refractivity contribution in [3.8, 4) is 5.75 Å². The van der Waals surface area contributed by atoms with Gasteiger partial charge in [-0.3, -0.25) is 9.35 Å². The molecule has 0 aliphatic heterocycles. The minimum atomic E-state index is -4.63. The molecule has 114 valence electrons. The van der Waals surface area contributed by atoms with Gasteiger partial charge in [0.25, 0.3) is 10.1 Å². The van der Waals surface area contributed by atoms with E-state index in [-0.39, 0.29) is 22.6 Å². The summed E-state index contributed by atoms with van der Waals surface area (Å²) in [5.41, 5.74) is -0.272. The average molecular weight is 321 g/mol. The number of ether oxygens (including phenoxy) is 1. The van der Waals surface area contributed by atoms with E-state index in [0.717, 1.165) is 19.2 Å². The van der Waals surface area contributed by atoms with E-state index in [4.69, 9.17) is 4.74 Å². The van der Waals surface area contributed by atoms with E-state index in [2.05, 4.69) is 5.18 Å². The molecule has 0 fully saturated rings. The first kappa shape index (κ1) is 15.8. The smallest absolute Gasteiger partial charge is 0.298 e. The summed E-state index contributed by atoms with van der Waals surface area (Å²) in [6.07, 6.45) is 0. The second-order valence-electron chi connectivity index (χ2n) is 4.28. The molecule has 0 aliphatic carbocycles. The van der Waals surface area contributed by atoms with Crippen molar-refractivity contribution in [3.05, 3.63) is 58.5 Å². The number of carbonyl (C=O) groups is 1. The molecule has 1 N–H and O–H groups in total. The summed E-state index contributed by atoms with van der Waals surface area (Å²) >= 11 is 0. The predicted octanol–water partition coefficient (Wildman–Crippen LogP) is 2.57. The predicted molar refractivity (Wildman–Crippen MR) is 78.1 cm³/mol. The van der Waals surface area contributed by atoms with Crippen LogP contribution in [0.1, 0.15) is 15.9 Å². The lowest BCUT2D eigenvalue weighted by molar-refractivity contribution is 0.103. The van der Waals surface area contributed by atoms with Crippen molar-refractivity contribution in [2.24, 2.45) is 5.18 Å². The Morgan fingerprint density at radius 1 is 1.18 bits per heavy atom. The van der Waals surface area contributed by atoms with E-state index in [9.17, 15) is 22.7 Å². The Hall–Kier alpha value is -2.58. The van der Waals surface area contributed by atoms with Crippen molar-refractivity contribution < 1.29 is 22.5 Å². The van der Waals surface area contributed by atoms with Crippen molar-refractivity contribution in [2.45, 2.75) is 4.90 Å². The Labute approximate surface area is 126 Å². The molecule has 0 saturated heterocycles. The number of nitroso groups, excluding NO2 is 1. The van der Waals surface area contributed by atoms with Crippen molar-refractivity contribution >= 4 is 21.6 Å². The molecule has 2 aromatic rings. The van der Waals surface area contributed by atoms with E-state index in [1.54, 1.807) is 18.2 Å². The first-order chi connectivity index (χ1) is 10.4. The molecule has 8 heteroatoms. The Morgan fingerprint density at radius 3 is 2.32 bits per heavy atom. The van der Waals surface area contributed by atoms with Gasteiger partial charge in [0, 0.05) is 11.6 Å².